The molecule has 2 nitrogen and oxygen atoms in total. The van der Waals surface area contributed by atoms with E-state index in [1.54, 1.807) is 0 Å². The Labute approximate surface area is 187 Å². The molecule has 0 amide bonds. The van der Waals surface area contributed by atoms with E-state index in [1.165, 1.54) is 12.8 Å². The van der Waals surface area contributed by atoms with Crippen molar-refractivity contribution in [2.75, 3.05) is 0 Å². The van der Waals surface area contributed by atoms with Crippen molar-refractivity contribution in [3.05, 3.63) is 12.8 Å². The first-order valence-electron chi connectivity index (χ1n) is 8.19. The maximum atomic E-state index is 6.08. The topological polar surface area (TPSA) is 52.0 Å². The first-order chi connectivity index (χ1) is 8.92. The van der Waals surface area contributed by atoms with Crippen molar-refractivity contribution in [3.63, 3.8) is 0 Å². The summed E-state index contributed by atoms with van der Waals surface area (Å²) in [6.07, 6.45) is 7.05. The molecule has 4 aliphatic rings. The standard InChI is InChI=1S/2C9H16N.2Y/c2*1-8(2)6-4-5-9(3,10)7(6)8;;/h2*5-7H,4,10H2,1-3H3;;/q2*-1;;/t6-,7+,9+;;;/m1.../s1. The first-order valence-corrected chi connectivity index (χ1v) is 8.19. The fraction of sp³-hybridized carbons (Fsp3) is 0.889. The van der Waals surface area contributed by atoms with Gasteiger partial charge in [0.15, 0.2) is 0 Å². The molecule has 4 N–H and O–H groups in total. The second-order valence-electron chi connectivity index (χ2n) is 9.42. The third kappa shape index (κ3) is 3.37. The average molecular weight is 454 g/mol. The van der Waals surface area contributed by atoms with Crippen molar-refractivity contribution in [1.82, 2.24) is 0 Å². The molecule has 3 unspecified atom stereocenters. The van der Waals surface area contributed by atoms with Gasteiger partial charge in [0, 0.05) is 65.4 Å². The van der Waals surface area contributed by atoms with Crippen LogP contribution >= 0.6 is 0 Å². The summed E-state index contributed by atoms with van der Waals surface area (Å²) in [7, 11) is 0. The predicted octanol–water partition coefficient (Wildman–Crippen LogP) is 3.16. The van der Waals surface area contributed by atoms with Crippen LogP contribution < -0.4 is 11.5 Å². The van der Waals surface area contributed by atoms with Gasteiger partial charge in [-0.1, -0.05) is 53.4 Å². The average Bonchev–Trinajstić information content (AvgIpc) is 2.81. The van der Waals surface area contributed by atoms with Gasteiger partial charge in [-0.2, -0.15) is 12.8 Å². The zero-order chi connectivity index (χ0) is 15.1. The van der Waals surface area contributed by atoms with Crippen LogP contribution in [-0.4, -0.2) is 11.1 Å². The molecule has 0 aromatic carbocycles. The number of hydrogen-bond acceptors (Lipinski definition) is 2. The van der Waals surface area contributed by atoms with Crippen LogP contribution in [0.4, 0.5) is 0 Å². The van der Waals surface area contributed by atoms with E-state index < -0.39 is 0 Å². The molecule has 0 aliphatic heterocycles. The van der Waals surface area contributed by atoms with Crippen molar-refractivity contribution in [2.24, 2.45) is 46.0 Å². The minimum atomic E-state index is 0. The molecule has 0 bridgehead atoms. The van der Waals surface area contributed by atoms with E-state index in [0.717, 1.165) is 23.7 Å². The number of rotatable bonds is 0. The van der Waals surface area contributed by atoms with Gasteiger partial charge < -0.3 is 24.3 Å². The van der Waals surface area contributed by atoms with Crippen LogP contribution in [-0.2, 0) is 65.4 Å². The third-order valence-corrected chi connectivity index (χ3v) is 7.06. The monoisotopic (exact) mass is 454 g/mol. The quantitative estimate of drug-likeness (QED) is 0.553. The van der Waals surface area contributed by atoms with E-state index in [1.807, 2.05) is 0 Å². The van der Waals surface area contributed by atoms with Crippen LogP contribution in [0.25, 0.3) is 0 Å². The van der Waals surface area contributed by atoms with E-state index in [2.05, 4.69) is 54.4 Å². The summed E-state index contributed by atoms with van der Waals surface area (Å²) in [5, 5.41) is 0. The van der Waals surface area contributed by atoms with Crippen LogP contribution in [0.3, 0.4) is 0 Å². The number of fused-ring (bicyclic) bond motifs is 2. The molecule has 22 heavy (non-hydrogen) atoms. The van der Waals surface area contributed by atoms with Gasteiger partial charge in [-0.05, 0) is 22.7 Å². The van der Waals surface area contributed by atoms with Crippen LogP contribution in [0, 0.1) is 47.3 Å². The third-order valence-electron chi connectivity index (χ3n) is 7.06. The smallest absolute Gasteiger partial charge is 0 e. The van der Waals surface area contributed by atoms with Gasteiger partial charge >= 0.3 is 0 Å². The number of nitrogens with two attached hydrogens (primary N) is 2. The van der Waals surface area contributed by atoms with E-state index in [9.17, 15) is 0 Å². The normalized spacial score (nSPS) is 51.3. The van der Waals surface area contributed by atoms with E-state index in [0.29, 0.717) is 10.8 Å². The summed E-state index contributed by atoms with van der Waals surface area (Å²) in [6, 6.07) is 0. The minimum Gasteiger partial charge on any atom is -0.354 e. The van der Waals surface area contributed by atoms with Gasteiger partial charge in [-0.15, -0.1) is 11.1 Å². The predicted molar refractivity (Wildman–Crippen MR) is 84.5 cm³/mol. The molecule has 122 valence electrons. The summed E-state index contributed by atoms with van der Waals surface area (Å²) in [6.45, 7) is 13.7. The van der Waals surface area contributed by atoms with Crippen molar-refractivity contribution in [2.45, 2.75) is 65.5 Å². The molecule has 6 atom stereocenters. The van der Waals surface area contributed by atoms with Gasteiger partial charge in [0.1, 0.15) is 0 Å². The molecule has 0 aromatic heterocycles. The van der Waals surface area contributed by atoms with Gasteiger partial charge in [0.2, 0.25) is 0 Å². The van der Waals surface area contributed by atoms with Gasteiger partial charge in [0.05, 0.1) is 0 Å². The van der Waals surface area contributed by atoms with Crippen LogP contribution in [0.1, 0.15) is 54.4 Å². The van der Waals surface area contributed by atoms with Crippen molar-refractivity contribution >= 4 is 0 Å². The Morgan fingerprint density at radius 3 is 1.05 bits per heavy atom. The molecule has 0 spiro atoms. The molecule has 4 saturated carbocycles. The summed E-state index contributed by atoms with van der Waals surface area (Å²) in [4.78, 5) is 0. The molecular weight excluding hydrogens is 422 g/mol. The first kappa shape index (κ1) is 22.2. The Morgan fingerprint density at radius 2 is 0.955 bits per heavy atom. The summed E-state index contributed by atoms with van der Waals surface area (Å²) < 4.78 is 0. The molecule has 0 saturated heterocycles. The summed E-state index contributed by atoms with van der Waals surface area (Å²) in [5.74, 6) is 3.31. The molecular formula is C18H32N2Y2-2. The van der Waals surface area contributed by atoms with Crippen molar-refractivity contribution in [3.8, 4) is 0 Å². The molecule has 4 heteroatoms. The largest absolute Gasteiger partial charge is 0.354 e. The maximum Gasteiger partial charge on any atom is 0 e. The SMILES string of the molecule is CC1(C)[C@@H]2C[CH-][C@](C)(N)[C@@H]21.CC1(N)[CH-]CC2C1C2(C)C.[Y].[Y]. The van der Waals surface area contributed by atoms with Gasteiger partial charge in [0.25, 0.3) is 0 Å². The molecule has 2 radical (unpaired) electrons. The Morgan fingerprint density at radius 1 is 0.682 bits per heavy atom. The van der Waals surface area contributed by atoms with E-state index in [4.69, 9.17) is 11.5 Å². The second kappa shape index (κ2) is 6.38. The molecule has 4 fully saturated rings. The van der Waals surface area contributed by atoms with Crippen molar-refractivity contribution < 1.29 is 65.4 Å². The summed E-state index contributed by atoms with van der Waals surface area (Å²) in [5.41, 5.74) is 13.3. The zero-order valence-electron chi connectivity index (χ0n) is 15.2. The van der Waals surface area contributed by atoms with Gasteiger partial charge in [-0.3, -0.25) is 0 Å². The maximum absolute atomic E-state index is 6.08. The van der Waals surface area contributed by atoms with Crippen molar-refractivity contribution in [1.29, 1.82) is 0 Å². The minimum absolute atomic E-state index is 0. The number of hydrogen-bond donors (Lipinski definition) is 2. The Kier molecular flexibility index (Phi) is 6.43. The molecule has 0 heterocycles. The van der Waals surface area contributed by atoms with Crippen LogP contribution in [0.15, 0.2) is 0 Å². The molecule has 0 aromatic rings. The van der Waals surface area contributed by atoms with Crippen LogP contribution in [0.2, 0.25) is 0 Å². The Balaban J connectivity index is 0.000000202. The van der Waals surface area contributed by atoms with Gasteiger partial charge in [-0.25, -0.2) is 0 Å². The fourth-order valence-corrected chi connectivity index (χ4v) is 5.85. The molecule has 4 aliphatic carbocycles. The van der Waals surface area contributed by atoms with Crippen LogP contribution in [0.5, 0.6) is 0 Å². The Hall–Kier alpha value is 2.13. The second-order valence-corrected chi connectivity index (χ2v) is 9.42. The van der Waals surface area contributed by atoms with E-state index in [-0.39, 0.29) is 76.5 Å². The Bertz CT molecular complexity index is 389. The zero-order valence-corrected chi connectivity index (χ0v) is 20.9. The molecule has 4 rings (SSSR count). The summed E-state index contributed by atoms with van der Waals surface area (Å²) >= 11 is 0. The fourth-order valence-electron chi connectivity index (χ4n) is 5.85. The van der Waals surface area contributed by atoms with E-state index >= 15 is 0 Å².